The second kappa shape index (κ2) is 5.67. The Morgan fingerprint density at radius 3 is 2.75 bits per heavy atom. The van der Waals surface area contributed by atoms with Gasteiger partial charge in [0.05, 0.1) is 6.04 Å². The zero-order chi connectivity index (χ0) is 12.2. The Labute approximate surface area is 99.4 Å². The molecule has 1 amide bonds. The Morgan fingerprint density at radius 1 is 1.50 bits per heavy atom. The topological polar surface area (TPSA) is 41.1 Å². The van der Waals surface area contributed by atoms with E-state index < -0.39 is 0 Å². The summed E-state index contributed by atoms with van der Waals surface area (Å²) in [7, 11) is 0. The number of piperidine rings is 1. The number of carbonyl (C=O) groups excluding carboxylic acids is 1. The first-order valence-corrected chi connectivity index (χ1v) is 6.50. The number of carbonyl (C=O) groups is 1. The van der Waals surface area contributed by atoms with Crippen molar-refractivity contribution in [3.05, 3.63) is 0 Å². The highest BCUT2D eigenvalue weighted by molar-refractivity contribution is 5.82. The number of amides is 1. The van der Waals surface area contributed by atoms with Gasteiger partial charge in [-0.2, -0.15) is 0 Å². The zero-order valence-corrected chi connectivity index (χ0v) is 11.1. The molecule has 0 radical (unpaired) electrons. The molecule has 0 aromatic carbocycles. The van der Waals surface area contributed by atoms with Gasteiger partial charge in [0.25, 0.3) is 0 Å². The Bertz CT molecular complexity index is 238. The van der Waals surface area contributed by atoms with Crippen LogP contribution in [0.2, 0.25) is 0 Å². The second-order valence-corrected chi connectivity index (χ2v) is 5.76. The first-order chi connectivity index (χ1) is 7.44. The van der Waals surface area contributed by atoms with E-state index in [1.165, 1.54) is 6.42 Å². The summed E-state index contributed by atoms with van der Waals surface area (Å²) in [5, 5.41) is 6.45. The normalized spacial score (nSPS) is 26.5. The molecule has 0 bridgehead atoms. The summed E-state index contributed by atoms with van der Waals surface area (Å²) in [6, 6.07) is 0.0138. The van der Waals surface area contributed by atoms with E-state index in [1.807, 2.05) is 0 Å². The van der Waals surface area contributed by atoms with E-state index in [9.17, 15) is 4.79 Å². The molecule has 1 rings (SSSR count). The van der Waals surface area contributed by atoms with Crippen molar-refractivity contribution in [3.63, 3.8) is 0 Å². The maximum atomic E-state index is 12.1. The Hall–Kier alpha value is -0.570. The van der Waals surface area contributed by atoms with Crippen LogP contribution in [-0.4, -0.2) is 24.0 Å². The van der Waals surface area contributed by atoms with E-state index >= 15 is 0 Å². The van der Waals surface area contributed by atoms with Crippen LogP contribution in [0.3, 0.4) is 0 Å². The van der Waals surface area contributed by atoms with E-state index in [0.29, 0.717) is 5.92 Å². The zero-order valence-electron chi connectivity index (χ0n) is 11.1. The molecule has 2 N–H and O–H groups in total. The summed E-state index contributed by atoms with van der Waals surface area (Å²) in [4.78, 5) is 12.1. The number of nitrogens with one attached hydrogen (secondary N) is 2. The van der Waals surface area contributed by atoms with Crippen molar-refractivity contribution in [2.24, 2.45) is 5.92 Å². The van der Waals surface area contributed by atoms with Gasteiger partial charge in [0.15, 0.2) is 0 Å². The predicted molar refractivity (Wildman–Crippen MR) is 67.3 cm³/mol. The van der Waals surface area contributed by atoms with Gasteiger partial charge in [0, 0.05) is 5.54 Å². The maximum absolute atomic E-state index is 12.1. The number of hydrogen-bond donors (Lipinski definition) is 2. The van der Waals surface area contributed by atoms with Gasteiger partial charge in [-0.15, -0.1) is 0 Å². The highest BCUT2D eigenvalue weighted by Crippen LogP contribution is 2.17. The summed E-state index contributed by atoms with van der Waals surface area (Å²) in [5.41, 5.74) is -0.0752. The van der Waals surface area contributed by atoms with Gasteiger partial charge in [-0.25, -0.2) is 0 Å². The molecule has 1 fully saturated rings. The molecule has 1 aliphatic rings. The highest BCUT2D eigenvalue weighted by Gasteiger charge is 2.28. The molecule has 1 saturated heterocycles. The molecule has 1 heterocycles. The minimum Gasteiger partial charge on any atom is -0.350 e. The fourth-order valence-electron chi connectivity index (χ4n) is 2.42. The minimum atomic E-state index is -0.0752. The van der Waals surface area contributed by atoms with Gasteiger partial charge in [-0.1, -0.05) is 20.3 Å². The highest BCUT2D eigenvalue weighted by atomic mass is 16.2. The van der Waals surface area contributed by atoms with Crippen LogP contribution in [-0.2, 0) is 4.79 Å². The quantitative estimate of drug-likeness (QED) is 0.770. The number of hydrogen-bond acceptors (Lipinski definition) is 2. The molecule has 1 aliphatic heterocycles. The van der Waals surface area contributed by atoms with Crippen molar-refractivity contribution in [1.82, 2.24) is 10.6 Å². The lowest BCUT2D eigenvalue weighted by Crippen LogP contribution is -2.54. The summed E-state index contributed by atoms with van der Waals surface area (Å²) in [6.07, 6.45) is 4.28. The van der Waals surface area contributed by atoms with Crippen molar-refractivity contribution in [3.8, 4) is 0 Å². The lowest BCUT2D eigenvalue weighted by molar-refractivity contribution is -0.125. The van der Waals surface area contributed by atoms with E-state index in [0.717, 1.165) is 25.8 Å². The van der Waals surface area contributed by atoms with E-state index in [4.69, 9.17) is 0 Å². The Morgan fingerprint density at radius 2 is 2.19 bits per heavy atom. The van der Waals surface area contributed by atoms with Crippen LogP contribution in [0.15, 0.2) is 0 Å². The molecule has 0 saturated carbocycles. The van der Waals surface area contributed by atoms with Crippen LogP contribution in [0.5, 0.6) is 0 Å². The first kappa shape index (κ1) is 13.5. The fourth-order valence-corrected chi connectivity index (χ4v) is 2.42. The summed E-state index contributed by atoms with van der Waals surface area (Å²) in [6.45, 7) is 9.53. The minimum absolute atomic E-state index is 0.0138. The summed E-state index contributed by atoms with van der Waals surface area (Å²) in [5.74, 6) is 0.830. The molecule has 94 valence electrons. The second-order valence-electron chi connectivity index (χ2n) is 5.76. The van der Waals surface area contributed by atoms with Crippen LogP contribution in [0.1, 0.15) is 53.4 Å². The molecule has 16 heavy (non-hydrogen) atoms. The first-order valence-electron chi connectivity index (χ1n) is 6.50. The Balaban J connectivity index is 2.45. The molecule has 2 atom stereocenters. The number of rotatable bonds is 4. The third kappa shape index (κ3) is 4.12. The molecule has 3 heteroatoms. The lowest BCUT2D eigenvalue weighted by atomic mass is 9.92. The lowest BCUT2D eigenvalue weighted by Gasteiger charge is -2.32. The van der Waals surface area contributed by atoms with E-state index in [-0.39, 0.29) is 17.5 Å². The summed E-state index contributed by atoms with van der Waals surface area (Å²) >= 11 is 0. The maximum Gasteiger partial charge on any atom is 0.237 e. The van der Waals surface area contributed by atoms with Gasteiger partial charge in [-0.3, -0.25) is 4.79 Å². The van der Waals surface area contributed by atoms with Gasteiger partial charge < -0.3 is 10.6 Å². The van der Waals surface area contributed by atoms with E-state index in [1.54, 1.807) is 0 Å². The third-order valence-corrected chi connectivity index (χ3v) is 3.32. The van der Waals surface area contributed by atoms with Gasteiger partial charge >= 0.3 is 0 Å². The average molecular weight is 226 g/mol. The third-order valence-electron chi connectivity index (χ3n) is 3.32. The van der Waals surface area contributed by atoms with Crippen LogP contribution < -0.4 is 10.6 Å². The predicted octanol–water partition coefficient (Wildman–Crippen LogP) is 2.07. The Kier molecular flexibility index (Phi) is 4.78. The van der Waals surface area contributed by atoms with Gasteiger partial charge in [-0.05, 0) is 45.6 Å². The molecule has 0 spiro atoms. The molecular weight excluding hydrogens is 200 g/mol. The van der Waals surface area contributed by atoms with E-state index in [2.05, 4.69) is 38.3 Å². The van der Waals surface area contributed by atoms with Crippen molar-refractivity contribution in [2.45, 2.75) is 65.0 Å². The van der Waals surface area contributed by atoms with Crippen LogP contribution >= 0.6 is 0 Å². The van der Waals surface area contributed by atoms with Gasteiger partial charge in [0.2, 0.25) is 5.91 Å². The SMILES string of the molecule is CCCC(C)(C)NC(=O)C1CC(C)CCN1. The fraction of sp³-hybridized carbons (Fsp3) is 0.923. The molecule has 3 nitrogen and oxygen atoms in total. The standard InChI is InChI=1S/C13H26N2O/c1-5-7-13(3,4)15-12(16)11-9-10(2)6-8-14-11/h10-11,14H,5-9H2,1-4H3,(H,15,16). The summed E-state index contributed by atoms with van der Waals surface area (Å²) < 4.78 is 0. The smallest absolute Gasteiger partial charge is 0.237 e. The van der Waals surface area contributed by atoms with Crippen LogP contribution in [0, 0.1) is 5.92 Å². The molecular formula is C13H26N2O. The largest absolute Gasteiger partial charge is 0.350 e. The van der Waals surface area contributed by atoms with Gasteiger partial charge in [0.1, 0.15) is 0 Å². The van der Waals surface area contributed by atoms with Crippen molar-refractivity contribution in [1.29, 1.82) is 0 Å². The molecule has 0 aromatic rings. The molecule has 2 unspecified atom stereocenters. The molecule has 0 aromatic heterocycles. The van der Waals surface area contributed by atoms with Crippen LogP contribution in [0.25, 0.3) is 0 Å². The van der Waals surface area contributed by atoms with Crippen molar-refractivity contribution in [2.75, 3.05) is 6.54 Å². The van der Waals surface area contributed by atoms with Crippen LogP contribution in [0.4, 0.5) is 0 Å². The molecule has 0 aliphatic carbocycles. The van der Waals surface area contributed by atoms with Crippen molar-refractivity contribution < 1.29 is 4.79 Å². The average Bonchev–Trinajstić information content (AvgIpc) is 2.16. The van der Waals surface area contributed by atoms with Crippen molar-refractivity contribution >= 4 is 5.91 Å². The monoisotopic (exact) mass is 226 g/mol.